The zero-order valence-corrected chi connectivity index (χ0v) is 20.6. The van der Waals surface area contributed by atoms with Crippen LogP contribution in [0.15, 0.2) is 29.5 Å². The van der Waals surface area contributed by atoms with Crippen LogP contribution >= 0.6 is 0 Å². The van der Waals surface area contributed by atoms with Gasteiger partial charge in [-0.05, 0) is 39.2 Å². The number of carbonyl (C=O) groups excluding carboxylic acids is 3. The molecule has 0 saturated carbocycles. The lowest BCUT2D eigenvalue weighted by Gasteiger charge is -2.42. The van der Waals surface area contributed by atoms with Gasteiger partial charge in [0, 0.05) is 31.4 Å². The highest BCUT2D eigenvalue weighted by atomic mass is 16.6. The largest absolute Gasteiger partial charge is 0.461 e. The van der Waals surface area contributed by atoms with E-state index in [1.165, 1.54) is 13.8 Å². The molecule has 0 aromatic carbocycles. The summed E-state index contributed by atoms with van der Waals surface area (Å²) in [6.07, 6.45) is 2.29. The van der Waals surface area contributed by atoms with Crippen molar-refractivity contribution in [1.82, 2.24) is 4.90 Å². The van der Waals surface area contributed by atoms with Crippen LogP contribution in [0.1, 0.15) is 47.5 Å². The number of fused-ring (bicyclic) bond motifs is 2. The van der Waals surface area contributed by atoms with E-state index in [2.05, 4.69) is 24.2 Å². The summed E-state index contributed by atoms with van der Waals surface area (Å²) in [5, 5.41) is 20.2. The van der Waals surface area contributed by atoms with Gasteiger partial charge in [0.05, 0.1) is 6.04 Å². The monoisotopic (exact) mass is 479 g/mol. The van der Waals surface area contributed by atoms with Gasteiger partial charge >= 0.3 is 18.0 Å². The van der Waals surface area contributed by atoms with Gasteiger partial charge in [-0.3, -0.25) is 14.5 Å². The number of hydrogen-bond acceptors (Lipinski definition) is 8. The number of rotatable bonds is 5. The lowest BCUT2D eigenvalue weighted by atomic mass is 9.70. The van der Waals surface area contributed by atoms with Crippen LogP contribution in [0.3, 0.4) is 0 Å². The van der Waals surface area contributed by atoms with E-state index in [9.17, 15) is 24.9 Å². The number of amides is 1. The SMILES string of the molecule is C=C=C(COC(C)=O)[C@@H]1C(C(C#N)(C#N)C#CCOC(C)=O)=C[C@H]2CC[C@@H]1N2C(=O)OC(C)(C)C. The summed E-state index contributed by atoms with van der Waals surface area (Å²) < 4.78 is 15.6. The van der Waals surface area contributed by atoms with Gasteiger partial charge in [-0.1, -0.05) is 24.5 Å². The number of ether oxygens (including phenoxy) is 3. The molecule has 0 aliphatic carbocycles. The predicted octanol–water partition coefficient (Wildman–Crippen LogP) is 3.19. The molecule has 1 saturated heterocycles. The van der Waals surface area contributed by atoms with Crippen LogP contribution < -0.4 is 0 Å². The lowest BCUT2D eigenvalue weighted by molar-refractivity contribution is -0.140. The molecular weight excluding hydrogens is 450 g/mol. The molecule has 2 bridgehead atoms. The number of carbonyl (C=O) groups is 3. The Kier molecular flexibility index (Phi) is 8.53. The van der Waals surface area contributed by atoms with Gasteiger partial charge in [0.15, 0.2) is 6.61 Å². The van der Waals surface area contributed by atoms with Gasteiger partial charge in [0.1, 0.15) is 24.3 Å². The Morgan fingerprint density at radius 2 is 1.74 bits per heavy atom. The van der Waals surface area contributed by atoms with Gasteiger partial charge in [0.25, 0.3) is 0 Å². The minimum Gasteiger partial charge on any atom is -0.461 e. The van der Waals surface area contributed by atoms with E-state index >= 15 is 0 Å². The highest BCUT2D eigenvalue weighted by Gasteiger charge is 2.53. The highest BCUT2D eigenvalue weighted by Crippen LogP contribution is 2.48. The summed E-state index contributed by atoms with van der Waals surface area (Å²) >= 11 is 0. The summed E-state index contributed by atoms with van der Waals surface area (Å²) in [6, 6.07) is 3.09. The van der Waals surface area contributed by atoms with E-state index in [0.29, 0.717) is 24.0 Å². The molecule has 1 fully saturated rings. The maximum Gasteiger partial charge on any atom is 0.411 e. The fraction of sp³-hybridized carbons (Fsp3) is 0.538. The van der Waals surface area contributed by atoms with E-state index in [1.54, 1.807) is 31.7 Å². The quantitative estimate of drug-likeness (QED) is 0.193. The van der Waals surface area contributed by atoms with Crippen LogP contribution in [0.4, 0.5) is 4.79 Å². The van der Waals surface area contributed by atoms with E-state index < -0.39 is 47.0 Å². The van der Waals surface area contributed by atoms with Crippen molar-refractivity contribution >= 4 is 18.0 Å². The molecule has 2 rings (SSSR count). The maximum atomic E-state index is 13.1. The Balaban J connectivity index is 2.63. The zero-order valence-electron chi connectivity index (χ0n) is 20.6. The molecule has 9 heteroatoms. The van der Waals surface area contributed by atoms with Crippen LogP contribution in [-0.2, 0) is 23.8 Å². The Morgan fingerprint density at radius 1 is 1.11 bits per heavy atom. The van der Waals surface area contributed by atoms with E-state index in [1.807, 2.05) is 12.1 Å². The minimum atomic E-state index is -1.90. The van der Waals surface area contributed by atoms with Crippen LogP contribution in [0.5, 0.6) is 0 Å². The number of esters is 2. The van der Waals surface area contributed by atoms with Gasteiger partial charge in [0.2, 0.25) is 5.41 Å². The van der Waals surface area contributed by atoms with Crippen molar-refractivity contribution < 1.29 is 28.6 Å². The predicted molar refractivity (Wildman–Crippen MR) is 124 cm³/mol. The third-order valence-electron chi connectivity index (χ3n) is 5.59. The second-order valence-corrected chi connectivity index (χ2v) is 9.24. The Bertz CT molecular complexity index is 1100. The smallest absolute Gasteiger partial charge is 0.411 e. The first-order chi connectivity index (χ1) is 16.4. The molecular formula is C26H29N3O6. The van der Waals surface area contributed by atoms with Crippen LogP contribution in [0.25, 0.3) is 0 Å². The summed E-state index contributed by atoms with van der Waals surface area (Å²) in [5.74, 6) is 3.45. The summed E-state index contributed by atoms with van der Waals surface area (Å²) in [7, 11) is 0. The summed E-state index contributed by atoms with van der Waals surface area (Å²) in [4.78, 5) is 37.3. The molecule has 0 aromatic heterocycles. The first-order valence-corrected chi connectivity index (χ1v) is 11.1. The van der Waals surface area contributed by atoms with Crippen molar-refractivity contribution in [1.29, 1.82) is 10.5 Å². The number of hydrogen-bond donors (Lipinski definition) is 0. The molecule has 3 atom stereocenters. The second-order valence-electron chi connectivity index (χ2n) is 9.24. The van der Waals surface area contributed by atoms with Crippen LogP contribution in [0.2, 0.25) is 0 Å². The van der Waals surface area contributed by atoms with Crippen molar-refractivity contribution in [3.05, 3.63) is 29.5 Å². The first kappa shape index (κ1) is 27.3. The maximum absolute atomic E-state index is 13.1. The van der Waals surface area contributed by atoms with Crippen molar-refractivity contribution in [2.45, 2.75) is 65.1 Å². The fourth-order valence-electron chi connectivity index (χ4n) is 4.26. The molecule has 184 valence electrons. The molecule has 0 unspecified atom stereocenters. The van der Waals surface area contributed by atoms with E-state index in [4.69, 9.17) is 14.2 Å². The Hall–Kier alpha value is -3.99. The third kappa shape index (κ3) is 6.33. The zero-order chi connectivity index (χ0) is 26.4. The third-order valence-corrected chi connectivity index (χ3v) is 5.59. The number of nitrogens with zero attached hydrogens (tertiary/aromatic N) is 3. The van der Waals surface area contributed by atoms with Crippen molar-refractivity contribution in [2.75, 3.05) is 13.2 Å². The van der Waals surface area contributed by atoms with Gasteiger partial charge < -0.3 is 14.2 Å². The molecule has 1 amide bonds. The molecule has 0 spiro atoms. The van der Waals surface area contributed by atoms with Gasteiger partial charge in [-0.25, -0.2) is 4.79 Å². The lowest BCUT2D eigenvalue weighted by Crippen LogP contribution is -2.51. The normalized spacial score (nSPS) is 20.6. The average molecular weight is 480 g/mol. The Labute approximate surface area is 205 Å². The molecule has 35 heavy (non-hydrogen) atoms. The molecule has 2 heterocycles. The van der Waals surface area contributed by atoms with Crippen molar-refractivity contribution in [2.24, 2.45) is 11.3 Å². The van der Waals surface area contributed by atoms with Gasteiger partial charge in [-0.2, -0.15) is 10.5 Å². The van der Waals surface area contributed by atoms with E-state index in [0.717, 1.165) is 0 Å². The molecule has 0 N–H and O–H groups in total. The summed E-state index contributed by atoms with van der Waals surface area (Å²) in [6.45, 7) is 11.0. The average Bonchev–Trinajstić information content (AvgIpc) is 3.09. The fourth-order valence-corrected chi connectivity index (χ4v) is 4.26. The molecule has 2 aliphatic heterocycles. The first-order valence-electron chi connectivity index (χ1n) is 11.1. The van der Waals surface area contributed by atoms with E-state index in [-0.39, 0.29) is 13.2 Å². The topological polar surface area (TPSA) is 130 Å². The Morgan fingerprint density at radius 3 is 2.26 bits per heavy atom. The molecule has 0 aromatic rings. The molecule has 0 radical (unpaired) electrons. The minimum absolute atomic E-state index is 0.183. The molecule has 9 nitrogen and oxygen atoms in total. The van der Waals surface area contributed by atoms with Crippen molar-refractivity contribution in [3.63, 3.8) is 0 Å². The summed E-state index contributed by atoms with van der Waals surface area (Å²) in [5.41, 5.74) is 0.914. The van der Waals surface area contributed by atoms with Crippen LogP contribution in [-0.4, -0.2) is 53.8 Å². The van der Waals surface area contributed by atoms with Gasteiger partial charge in [-0.15, -0.1) is 5.73 Å². The standard InChI is InChI=1S/C26H29N3O6/c1-7-19(14-34-18(3)31)23-21(26(15-27,16-28)11-8-12-33-17(2)30)13-20-9-10-22(23)29(20)24(32)35-25(4,5)6/h13,20,22-23H,1,9-10,12,14H2,2-6H3/t20-,22+,23-/m1/s1. The number of nitriles is 2. The van der Waals surface area contributed by atoms with Crippen molar-refractivity contribution in [3.8, 4) is 24.0 Å². The second kappa shape index (κ2) is 11.0. The van der Waals surface area contributed by atoms with Crippen LogP contribution in [0, 0.1) is 45.8 Å². The molecule has 2 aliphatic rings. The highest BCUT2D eigenvalue weighted by molar-refractivity contribution is 5.71.